The van der Waals surface area contributed by atoms with Crippen LogP contribution in [0.4, 0.5) is 34.1 Å². The highest BCUT2D eigenvalue weighted by atomic mass is 16.5. The SMILES string of the molecule is Cc1ccc(N2c3ccc(C)cc3B3c4cc5c(cc4Oc4cccc2c43)-c2ccc(N(c3ccccc3)c3ccccc3)c3cccc(c23)C5(C)C)cc1. The van der Waals surface area contributed by atoms with E-state index in [2.05, 4.69) is 201 Å². The third-order valence-corrected chi connectivity index (χ3v) is 12.2. The predicted molar refractivity (Wildman–Crippen MR) is 232 cm³/mol. The Balaban J connectivity index is 1.13. The Kier molecular flexibility index (Phi) is 6.82. The second kappa shape index (κ2) is 11.7. The summed E-state index contributed by atoms with van der Waals surface area (Å²) < 4.78 is 7.03. The summed E-state index contributed by atoms with van der Waals surface area (Å²) in [5, 5.41) is 2.54. The van der Waals surface area contributed by atoms with Gasteiger partial charge in [0.2, 0.25) is 0 Å². The number of rotatable bonds is 4. The van der Waals surface area contributed by atoms with E-state index in [-0.39, 0.29) is 12.1 Å². The number of aryl methyl sites for hydroxylation is 2. The van der Waals surface area contributed by atoms with Gasteiger partial charge in [0.05, 0.1) is 5.69 Å². The van der Waals surface area contributed by atoms with Crippen LogP contribution in [0.1, 0.15) is 36.1 Å². The van der Waals surface area contributed by atoms with Crippen LogP contribution in [-0.2, 0) is 5.41 Å². The molecule has 0 unspecified atom stereocenters. The van der Waals surface area contributed by atoms with Crippen molar-refractivity contribution in [3.8, 4) is 22.6 Å². The zero-order valence-electron chi connectivity index (χ0n) is 31.5. The Morgan fingerprint density at radius 1 is 0.545 bits per heavy atom. The minimum atomic E-state index is -0.266. The second-order valence-electron chi connectivity index (χ2n) is 15.9. The van der Waals surface area contributed by atoms with Gasteiger partial charge in [-0.15, -0.1) is 0 Å². The molecule has 3 aliphatic rings. The van der Waals surface area contributed by atoms with Gasteiger partial charge in [-0.2, -0.15) is 0 Å². The summed E-state index contributed by atoms with van der Waals surface area (Å²) in [5.74, 6) is 1.86. The van der Waals surface area contributed by atoms with Crippen LogP contribution in [0.2, 0.25) is 0 Å². The molecule has 0 radical (unpaired) electrons. The van der Waals surface area contributed by atoms with Crippen molar-refractivity contribution in [1.82, 2.24) is 0 Å². The van der Waals surface area contributed by atoms with E-state index in [1.165, 1.54) is 77.6 Å². The molecule has 55 heavy (non-hydrogen) atoms. The number of anilines is 6. The minimum absolute atomic E-state index is 0.0394. The average molecular weight is 707 g/mol. The van der Waals surface area contributed by atoms with E-state index in [9.17, 15) is 0 Å². The smallest absolute Gasteiger partial charge is 0.256 e. The Morgan fingerprint density at radius 3 is 2.00 bits per heavy atom. The summed E-state index contributed by atoms with van der Waals surface area (Å²) in [4.78, 5) is 4.81. The molecule has 0 atom stereocenters. The van der Waals surface area contributed by atoms with Crippen molar-refractivity contribution < 1.29 is 4.74 Å². The highest BCUT2D eigenvalue weighted by Gasteiger charge is 2.44. The molecule has 0 amide bonds. The van der Waals surface area contributed by atoms with E-state index >= 15 is 0 Å². The lowest BCUT2D eigenvalue weighted by molar-refractivity contribution is 0.487. The average Bonchev–Trinajstić information content (AvgIpc) is 3.21. The van der Waals surface area contributed by atoms with E-state index < -0.39 is 0 Å². The van der Waals surface area contributed by atoms with Crippen LogP contribution in [0.15, 0.2) is 164 Å². The van der Waals surface area contributed by atoms with E-state index in [0.717, 1.165) is 28.6 Å². The maximum absolute atomic E-state index is 7.03. The van der Waals surface area contributed by atoms with Gasteiger partial charge in [-0.05, 0) is 125 Å². The molecule has 2 aliphatic heterocycles. The largest absolute Gasteiger partial charge is 0.458 e. The van der Waals surface area contributed by atoms with Crippen LogP contribution in [0.25, 0.3) is 21.9 Å². The van der Waals surface area contributed by atoms with Gasteiger partial charge in [0.15, 0.2) is 0 Å². The summed E-state index contributed by atoms with van der Waals surface area (Å²) in [6, 6.07) is 60.1. The van der Waals surface area contributed by atoms with Crippen molar-refractivity contribution in [3.63, 3.8) is 0 Å². The van der Waals surface area contributed by atoms with Crippen molar-refractivity contribution in [2.24, 2.45) is 0 Å². The molecular formula is C51H39BN2O. The molecule has 0 saturated carbocycles. The normalized spacial score (nSPS) is 14.0. The highest BCUT2D eigenvalue weighted by Crippen LogP contribution is 2.53. The van der Waals surface area contributed by atoms with Crippen LogP contribution < -0.4 is 30.9 Å². The number of hydrogen-bond acceptors (Lipinski definition) is 3. The topological polar surface area (TPSA) is 15.7 Å². The van der Waals surface area contributed by atoms with Gasteiger partial charge in [-0.1, -0.05) is 122 Å². The first-order valence-corrected chi connectivity index (χ1v) is 19.3. The van der Waals surface area contributed by atoms with Gasteiger partial charge < -0.3 is 14.5 Å². The van der Waals surface area contributed by atoms with Crippen molar-refractivity contribution in [3.05, 3.63) is 186 Å². The standard InChI is InChI=1S/C51H39BN2O/c1-32-21-24-36(25-22-32)54-45-27-23-33(2)29-42(45)52-43-31-41-39(30-48(43)55-47-20-12-19-46(54)50(47)52)37-26-28-44(38-17-11-18-40(49(37)38)51(41,3)4)53(34-13-7-5-8-14-34)35-15-9-6-10-16-35/h5-31H,1-4H3. The molecule has 8 aromatic carbocycles. The number of benzene rings is 8. The van der Waals surface area contributed by atoms with Gasteiger partial charge in [0, 0.05) is 39.2 Å². The first-order valence-electron chi connectivity index (χ1n) is 19.3. The summed E-state index contributed by atoms with van der Waals surface area (Å²) in [6.45, 7) is 9.19. The van der Waals surface area contributed by atoms with Crippen molar-refractivity contribution >= 4 is 68.0 Å². The molecule has 0 bridgehead atoms. The number of fused-ring (bicyclic) bond motifs is 6. The van der Waals surface area contributed by atoms with Gasteiger partial charge in [0.1, 0.15) is 11.5 Å². The highest BCUT2D eigenvalue weighted by molar-refractivity contribution is 6.99. The zero-order valence-corrected chi connectivity index (χ0v) is 31.5. The number of ether oxygens (including phenoxy) is 1. The quantitative estimate of drug-likeness (QED) is 0.170. The lowest BCUT2D eigenvalue weighted by Crippen LogP contribution is -2.59. The number of nitrogens with zero attached hydrogens (tertiary/aromatic N) is 2. The molecule has 0 aromatic heterocycles. The summed E-state index contributed by atoms with van der Waals surface area (Å²) >= 11 is 0. The molecule has 262 valence electrons. The zero-order chi connectivity index (χ0) is 37.0. The van der Waals surface area contributed by atoms with Gasteiger partial charge in [0.25, 0.3) is 6.71 Å². The molecule has 0 fully saturated rings. The number of para-hydroxylation sites is 2. The minimum Gasteiger partial charge on any atom is -0.458 e. The summed E-state index contributed by atoms with van der Waals surface area (Å²) in [7, 11) is 0. The summed E-state index contributed by atoms with van der Waals surface area (Å²) in [5.41, 5.74) is 18.2. The van der Waals surface area contributed by atoms with Crippen molar-refractivity contribution in [1.29, 1.82) is 0 Å². The lowest BCUT2D eigenvalue weighted by atomic mass is 9.33. The van der Waals surface area contributed by atoms with Crippen LogP contribution in [0.5, 0.6) is 11.5 Å². The fourth-order valence-corrected chi connectivity index (χ4v) is 9.62. The lowest BCUT2D eigenvalue weighted by Gasteiger charge is -2.42. The van der Waals surface area contributed by atoms with Crippen LogP contribution in [0.3, 0.4) is 0 Å². The van der Waals surface area contributed by atoms with Gasteiger partial charge in [-0.3, -0.25) is 0 Å². The van der Waals surface area contributed by atoms with Crippen LogP contribution in [-0.4, -0.2) is 6.71 Å². The molecule has 0 N–H and O–H groups in total. The summed E-state index contributed by atoms with van der Waals surface area (Å²) in [6.07, 6.45) is 0. The first kappa shape index (κ1) is 32.0. The van der Waals surface area contributed by atoms with E-state index in [1.807, 2.05) is 0 Å². The fraction of sp³-hybridized carbons (Fsp3) is 0.0980. The van der Waals surface area contributed by atoms with Crippen molar-refractivity contribution in [2.75, 3.05) is 9.80 Å². The third kappa shape index (κ3) is 4.64. The molecule has 3 nitrogen and oxygen atoms in total. The molecule has 11 rings (SSSR count). The number of hydrogen-bond donors (Lipinski definition) is 0. The maximum atomic E-state index is 7.03. The molecule has 1 aliphatic carbocycles. The third-order valence-electron chi connectivity index (χ3n) is 12.2. The molecular weight excluding hydrogens is 667 g/mol. The Labute approximate surface area is 323 Å². The molecule has 0 saturated heterocycles. The Hall–Kier alpha value is -6.52. The molecule has 4 heteroatoms. The van der Waals surface area contributed by atoms with E-state index in [4.69, 9.17) is 4.74 Å². The molecule has 2 heterocycles. The molecule has 0 spiro atoms. The Morgan fingerprint density at radius 2 is 1.25 bits per heavy atom. The predicted octanol–water partition coefficient (Wildman–Crippen LogP) is 11.6. The maximum Gasteiger partial charge on any atom is 0.256 e. The monoisotopic (exact) mass is 706 g/mol. The van der Waals surface area contributed by atoms with Crippen LogP contribution in [0, 0.1) is 13.8 Å². The van der Waals surface area contributed by atoms with Crippen molar-refractivity contribution in [2.45, 2.75) is 33.1 Å². The van der Waals surface area contributed by atoms with Crippen LogP contribution >= 0.6 is 0 Å². The molecule has 8 aromatic rings. The van der Waals surface area contributed by atoms with Gasteiger partial charge in [-0.25, -0.2) is 0 Å². The van der Waals surface area contributed by atoms with E-state index in [1.54, 1.807) is 0 Å². The fourth-order valence-electron chi connectivity index (χ4n) is 9.62. The first-order chi connectivity index (χ1) is 26.9. The van der Waals surface area contributed by atoms with E-state index in [0.29, 0.717) is 0 Å². The van der Waals surface area contributed by atoms with Gasteiger partial charge >= 0.3 is 0 Å². The Bertz CT molecular complexity index is 2810. The second-order valence-corrected chi connectivity index (χ2v) is 15.9.